The molecule has 0 saturated heterocycles. The maximum Gasteiger partial charge on any atom is 0.326 e. The maximum absolute atomic E-state index is 12.8. The van der Waals surface area contributed by atoms with Crippen LogP contribution in [0.25, 0.3) is 11.1 Å². The highest BCUT2D eigenvalue weighted by atomic mass is 16.6. The summed E-state index contributed by atoms with van der Waals surface area (Å²) in [4.78, 5) is 47.6. The number of carboxylic acids is 2. The van der Waals surface area contributed by atoms with Gasteiger partial charge < -0.3 is 20.4 Å². The molecule has 0 bridgehead atoms. The summed E-state index contributed by atoms with van der Waals surface area (Å²) in [5.41, 5.74) is 1.57. The zero-order valence-electron chi connectivity index (χ0n) is 18.4. The van der Waals surface area contributed by atoms with Gasteiger partial charge in [-0.2, -0.15) is 0 Å². The number of non-ortho nitro benzene ring substituents is 1. The molecular formula is C23H27N3O7. The standard InChI is InChI=1S/C23H27N3O7/c1-15(2)14-25(11-10-21(27)28)23(31)24-20(22(29)30)13-17-12-18(26(32)33)8-9-19(17)16-6-4-3-5-7-16/h3-9,12,15,20H,10-11,13-14H2,1-2H3,(H,24,31)(H,27,28)(H,29,30)/t20-/m0/s1. The van der Waals surface area contributed by atoms with Crippen LogP contribution in [-0.4, -0.2) is 57.1 Å². The summed E-state index contributed by atoms with van der Waals surface area (Å²) in [6.07, 6.45) is -0.470. The molecular weight excluding hydrogens is 430 g/mol. The van der Waals surface area contributed by atoms with Crippen molar-refractivity contribution in [2.24, 2.45) is 5.92 Å². The molecule has 10 heteroatoms. The van der Waals surface area contributed by atoms with E-state index in [4.69, 9.17) is 5.11 Å². The van der Waals surface area contributed by atoms with Crippen LogP contribution in [0.2, 0.25) is 0 Å². The first kappa shape index (κ1) is 25.3. The minimum Gasteiger partial charge on any atom is -0.481 e. The van der Waals surface area contributed by atoms with Gasteiger partial charge in [-0.3, -0.25) is 14.9 Å². The van der Waals surface area contributed by atoms with E-state index in [2.05, 4.69) is 5.32 Å². The highest BCUT2D eigenvalue weighted by molar-refractivity contribution is 5.83. The highest BCUT2D eigenvalue weighted by Crippen LogP contribution is 2.28. The number of hydrogen-bond acceptors (Lipinski definition) is 5. The zero-order valence-corrected chi connectivity index (χ0v) is 18.4. The number of urea groups is 1. The Hall–Kier alpha value is -3.95. The SMILES string of the molecule is CC(C)CN(CCC(=O)O)C(=O)N[C@@H](Cc1cc([N+](=O)[O-])ccc1-c1ccccc1)C(=O)O. The van der Waals surface area contributed by atoms with E-state index in [0.29, 0.717) is 11.1 Å². The van der Waals surface area contributed by atoms with Crippen LogP contribution in [0.15, 0.2) is 48.5 Å². The average Bonchev–Trinajstić information content (AvgIpc) is 2.76. The lowest BCUT2D eigenvalue weighted by Gasteiger charge is -2.26. The quantitative estimate of drug-likeness (QED) is 0.346. The van der Waals surface area contributed by atoms with E-state index in [-0.39, 0.29) is 37.5 Å². The van der Waals surface area contributed by atoms with E-state index in [1.54, 1.807) is 30.3 Å². The van der Waals surface area contributed by atoms with Crippen LogP contribution in [-0.2, 0) is 16.0 Å². The van der Waals surface area contributed by atoms with Crippen molar-refractivity contribution < 1.29 is 29.5 Å². The second-order valence-electron chi connectivity index (χ2n) is 7.99. The first-order chi connectivity index (χ1) is 15.6. The summed E-state index contributed by atoms with van der Waals surface area (Å²) in [6, 6.07) is 11.1. The largest absolute Gasteiger partial charge is 0.481 e. The van der Waals surface area contributed by atoms with E-state index >= 15 is 0 Å². The summed E-state index contributed by atoms with van der Waals surface area (Å²) in [5.74, 6) is -2.35. The molecule has 2 amide bonds. The first-order valence-electron chi connectivity index (χ1n) is 10.4. The van der Waals surface area contributed by atoms with Gasteiger partial charge in [-0.25, -0.2) is 9.59 Å². The van der Waals surface area contributed by atoms with Crippen molar-refractivity contribution >= 4 is 23.7 Å². The summed E-state index contributed by atoms with van der Waals surface area (Å²) in [7, 11) is 0. The number of carbonyl (C=O) groups excluding carboxylic acids is 1. The number of amides is 2. The molecule has 0 radical (unpaired) electrons. The van der Waals surface area contributed by atoms with Gasteiger partial charge in [0.05, 0.1) is 11.3 Å². The fraction of sp³-hybridized carbons (Fsp3) is 0.348. The van der Waals surface area contributed by atoms with Crippen molar-refractivity contribution in [3.8, 4) is 11.1 Å². The predicted octanol–water partition coefficient (Wildman–Crippen LogP) is 3.40. The van der Waals surface area contributed by atoms with Crippen LogP contribution in [0.4, 0.5) is 10.5 Å². The van der Waals surface area contributed by atoms with Crippen LogP contribution in [0.3, 0.4) is 0 Å². The van der Waals surface area contributed by atoms with Crippen molar-refractivity contribution in [1.29, 1.82) is 0 Å². The topological polar surface area (TPSA) is 150 Å². The van der Waals surface area contributed by atoms with Crippen molar-refractivity contribution in [3.05, 3.63) is 64.2 Å². The summed E-state index contributed by atoms with van der Waals surface area (Å²) < 4.78 is 0. The number of nitro groups is 1. The second kappa shape index (κ2) is 11.6. The Bertz CT molecular complexity index is 1010. The third kappa shape index (κ3) is 7.60. The molecule has 0 spiro atoms. The van der Waals surface area contributed by atoms with E-state index in [1.807, 2.05) is 19.9 Å². The van der Waals surface area contributed by atoms with E-state index in [1.165, 1.54) is 17.0 Å². The fourth-order valence-corrected chi connectivity index (χ4v) is 3.37. The van der Waals surface area contributed by atoms with Gasteiger partial charge in [-0.05, 0) is 28.7 Å². The molecule has 0 fully saturated rings. The molecule has 1 atom stereocenters. The summed E-state index contributed by atoms with van der Waals surface area (Å²) >= 11 is 0. The lowest BCUT2D eigenvalue weighted by atomic mass is 9.94. The van der Waals surface area contributed by atoms with Gasteiger partial charge in [0.1, 0.15) is 6.04 Å². The number of carbonyl (C=O) groups is 3. The minimum atomic E-state index is -1.37. The summed E-state index contributed by atoms with van der Waals surface area (Å²) in [6.45, 7) is 3.88. The Kier molecular flexibility index (Phi) is 8.90. The highest BCUT2D eigenvalue weighted by Gasteiger charge is 2.26. The average molecular weight is 457 g/mol. The number of hydrogen-bond donors (Lipinski definition) is 3. The van der Waals surface area contributed by atoms with Gasteiger partial charge in [-0.15, -0.1) is 0 Å². The molecule has 0 saturated carbocycles. The number of nitro benzene ring substituents is 1. The van der Waals surface area contributed by atoms with Gasteiger partial charge in [0.15, 0.2) is 0 Å². The van der Waals surface area contributed by atoms with Gasteiger partial charge >= 0.3 is 18.0 Å². The van der Waals surface area contributed by atoms with Gasteiger partial charge in [-0.1, -0.05) is 44.2 Å². The Balaban J connectivity index is 2.33. The van der Waals surface area contributed by atoms with E-state index in [9.17, 15) is 29.6 Å². The van der Waals surface area contributed by atoms with Crippen molar-refractivity contribution in [3.63, 3.8) is 0 Å². The molecule has 2 aromatic rings. The fourth-order valence-electron chi connectivity index (χ4n) is 3.37. The van der Waals surface area contributed by atoms with Crippen LogP contribution < -0.4 is 5.32 Å². The van der Waals surface area contributed by atoms with E-state index in [0.717, 1.165) is 5.56 Å². The molecule has 0 unspecified atom stereocenters. The number of benzene rings is 2. The van der Waals surface area contributed by atoms with Crippen LogP contribution in [0.5, 0.6) is 0 Å². The predicted molar refractivity (Wildman–Crippen MR) is 121 cm³/mol. The monoisotopic (exact) mass is 457 g/mol. The minimum absolute atomic E-state index is 0.0364. The molecule has 0 aliphatic rings. The smallest absolute Gasteiger partial charge is 0.326 e. The molecule has 176 valence electrons. The third-order valence-electron chi connectivity index (χ3n) is 4.87. The molecule has 2 aromatic carbocycles. The molecule has 33 heavy (non-hydrogen) atoms. The molecule has 0 aromatic heterocycles. The number of nitrogens with one attached hydrogen (secondary N) is 1. The van der Waals surface area contributed by atoms with Gasteiger partial charge in [0.2, 0.25) is 0 Å². The Morgan fingerprint density at radius 2 is 1.76 bits per heavy atom. The molecule has 0 aliphatic carbocycles. The Morgan fingerprint density at radius 1 is 1.09 bits per heavy atom. The lowest BCUT2D eigenvalue weighted by Crippen LogP contribution is -2.50. The third-order valence-corrected chi connectivity index (χ3v) is 4.87. The molecule has 0 aliphatic heterocycles. The Morgan fingerprint density at radius 3 is 2.30 bits per heavy atom. The maximum atomic E-state index is 12.8. The lowest BCUT2D eigenvalue weighted by molar-refractivity contribution is -0.384. The van der Waals surface area contributed by atoms with Crippen molar-refractivity contribution in [2.75, 3.05) is 13.1 Å². The number of rotatable bonds is 11. The number of aliphatic carboxylic acids is 2. The van der Waals surface area contributed by atoms with Gasteiger partial charge in [0, 0.05) is 31.6 Å². The van der Waals surface area contributed by atoms with Crippen molar-refractivity contribution in [2.45, 2.75) is 32.7 Å². The molecule has 2 rings (SSSR count). The second-order valence-corrected chi connectivity index (χ2v) is 7.99. The van der Waals surface area contributed by atoms with E-state index < -0.39 is 28.9 Å². The van der Waals surface area contributed by atoms with Crippen LogP contribution in [0.1, 0.15) is 25.8 Å². The van der Waals surface area contributed by atoms with Crippen LogP contribution in [0, 0.1) is 16.0 Å². The van der Waals surface area contributed by atoms with Crippen LogP contribution >= 0.6 is 0 Å². The molecule has 3 N–H and O–H groups in total. The molecule has 10 nitrogen and oxygen atoms in total. The first-order valence-corrected chi connectivity index (χ1v) is 10.4. The summed E-state index contributed by atoms with van der Waals surface area (Å²) in [5, 5.41) is 32.4. The zero-order chi connectivity index (χ0) is 24.5. The number of nitrogens with zero attached hydrogens (tertiary/aromatic N) is 2. The number of carboxylic acid groups (broad SMARTS) is 2. The molecule has 0 heterocycles. The normalized spacial score (nSPS) is 11.6. The van der Waals surface area contributed by atoms with Gasteiger partial charge in [0.25, 0.3) is 5.69 Å². The Labute approximate surface area is 191 Å². The van der Waals surface area contributed by atoms with Crippen molar-refractivity contribution in [1.82, 2.24) is 10.2 Å².